The van der Waals surface area contributed by atoms with Gasteiger partial charge in [0.2, 0.25) is 0 Å². The van der Waals surface area contributed by atoms with Crippen LogP contribution in [0.5, 0.6) is 0 Å². The second kappa shape index (κ2) is 7.07. The van der Waals surface area contributed by atoms with E-state index in [-0.39, 0.29) is 0 Å². The van der Waals surface area contributed by atoms with Crippen LogP contribution >= 0.6 is 0 Å². The first-order valence-corrected chi connectivity index (χ1v) is 4.70. The summed E-state index contributed by atoms with van der Waals surface area (Å²) in [6.07, 6.45) is 1.61. The minimum Gasteiger partial charge on any atom is -0.446 e. The van der Waals surface area contributed by atoms with Gasteiger partial charge in [-0.1, -0.05) is 20.3 Å². The average molecular weight is 197 g/mol. The van der Waals surface area contributed by atoms with E-state index in [4.69, 9.17) is 10.00 Å². The lowest BCUT2D eigenvalue weighted by atomic mass is 10.1. The molecule has 0 amide bonds. The van der Waals surface area contributed by atoms with Gasteiger partial charge in [0.25, 0.3) is 0 Å². The Morgan fingerprint density at radius 3 is 2.71 bits per heavy atom. The number of ether oxygens (including phenoxy) is 1. The van der Waals surface area contributed by atoms with Crippen molar-refractivity contribution in [1.82, 2.24) is 0 Å². The molecule has 0 aliphatic heterocycles. The molecule has 4 heteroatoms. The SMILES string of the molecule is CCCCC(=O)OC(C#N)C(C)C=O. The van der Waals surface area contributed by atoms with E-state index in [2.05, 4.69) is 0 Å². The van der Waals surface area contributed by atoms with Gasteiger partial charge < -0.3 is 9.53 Å². The molecule has 78 valence electrons. The third-order valence-corrected chi connectivity index (χ3v) is 1.81. The molecule has 0 aromatic heterocycles. The van der Waals surface area contributed by atoms with E-state index in [0.717, 1.165) is 12.8 Å². The smallest absolute Gasteiger partial charge is 0.307 e. The quantitative estimate of drug-likeness (QED) is 0.477. The number of carbonyl (C=O) groups excluding carboxylic acids is 2. The summed E-state index contributed by atoms with van der Waals surface area (Å²) in [4.78, 5) is 21.5. The Balaban J connectivity index is 4.00. The third kappa shape index (κ3) is 4.61. The summed E-state index contributed by atoms with van der Waals surface area (Å²) in [7, 11) is 0. The standard InChI is InChI=1S/C10H15NO3/c1-3-4-5-10(13)14-9(6-11)8(2)7-12/h7-9H,3-5H2,1-2H3. The molecule has 0 saturated heterocycles. The number of hydrogen-bond donors (Lipinski definition) is 0. The Labute approximate surface area is 83.9 Å². The van der Waals surface area contributed by atoms with Crippen molar-refractivity contribution < 1.29 is 14.3 Å². The first kappa shape index (κ1) is 12.6. The first-order chi connectivity index (χ1) is 6.65. The zero-order valence-corrected chi connectivity index (χ0v) is 8.53. The van der Waals surface area contributed by atoms with Gasteiger partial charge in [0.1, 0.15) is 12.4 Å². The maximum Gasteiger partial charge on any atom is 0.307 e. The van der Waals surface area contributed by atoms with E-state index in [1.165, 1.54) is 0 Å². The van der Waals surface area contributed by atoms with Crippen molar-refractivity contribution in [1.29, 1.82) is 5.26 Å². The van der Waals surface area contributed by atoms with Gasteiger partial charge in [0.05, 0.1) is 5.92 Å². The van der Waals surface area contributed by atoms with Crippen LogP contribution in [-0.4, -0.2) is 18.4 Å². The predicted octanol–water partition coefficient (Wildman–Crippen LogP) is 1.45. The maximum atomic E-state index is 11.1. The minimum atomic E-state index is -0.947. The lowest BCUT2D eigenvalue weighted by molar-refractivity contribution is -0.148. The average Bonchev–Trinajstić information content (AvgIpc) is 2.21. The van der Waals surface area contributed by atoms with Gasteiger partial charge in [-0.05, 0) is 6.42 Å². The summed E-state index contributed by atoms with van der Waals surface area (Å²) in [5, 5.41) is 8.62. The van der Waals surface area contributed by atoms with Gasteiger partial charge in [-0.2, -0.15) is 5.26 Å². The highest BCUT2D eigenvalue weighted by molar-refractivity contribution is 5.70. The van der Waals surface area contributed by atoms with Crippen molar-refractivity contribution in [2.45, 2.75) is 39.2 Å². The van der Waals surface area contributed by atoms with E-state index in [1.807, 2.05) is 6.92 Å². The molecule has 0 radical (unpaired) electrons. The fourth-order valence-electron chi connectivity index (χ4n) is 0.844. The number of esters is 1. The monoisotopic (exact) mass is 197 g/mol. The summed E-state index contributed by atoms with van der Waals surface area (Å²) < 4.78 is 4.82. The number of unbranched alkanes of at least 4 members (excludes halogenated alkanes) is 1. The van der Waals surface area contributed by atoms with E-state index in [0.29, 0.717) is 12.7 Å². The Hall–Kier alpha value is -1.37. The summed E-state index contributed by atoms with van der Waals surface area (Å²) in [6.45, 7) is 3.51. The van der Waals surface area contributed by atoms with Crippen molar-refractivity contribution in [3.63, 3.8) is 0 Å². The van der Waals surface area contributed by atoms with Gasteiger partial charge in [0, 0.05) is 6.42 Å². The number of aldehydes is 1. The normalized spacial score (nSPS) is 13.8. The highest BCUT2D eigenvalue weighted by atomic mass is 16.5. The van der Waals surface area contributed by atoms with Crippen molar-refractivity contribution >= 4 is 12.3 Å². The molecular weight excluding hydrogens is 182 g/mol. The van der Waals surface area contributed by atoms with Crippen LogP contribution in [0.4, 0.5) is 0 Å². The molecule has 0 aliphatic rings. The van der Waals surface area contributed by atoms with Crippen molar-refractivity contribution in [2.75, 3.05) is 0 Å². The molecule has 0 heterocycles. The van der Waals surface area contributed by atoms with Crippen LogP contribution in [0.15, 0.2) is 0 Å². The summed E-state index contributed by atoms with van der Waals surface area (Å²) >= 11 is 0. The van der Waals surface area contributed by atoms with Crippen LogP contribution < -0.4 is 0 Å². The Morgan fingerprint density at radius 2 is 2.29 bits per heavy atom. The van der Waals surface area contributed by atoms with Crippen LogP contribution in [0, 0.1) is 17.2 Å². The highest BCUT2D eigenvalue weighted by Crippen LogP contribution is 2.06. The second-order valence-corrected chi connectivity index (χ2v) is 3.14. The lowest BCUT2D eigenvalue weighted by Gasteiger charge is -2.12. The molecule has 0 saturated carbocycles. The van der Waals surface area contributed by atoms with E-state index >= 15 is 0 Å². The predicted molar refractivity (Wildman–Crippen MR) is 50.2 cm³/mol. The second-order valence-electron chi connectivity index (χ2n) is 3.14. The summed E-state index contributed by atoms with van der Waals surface area (Å²) in [5.74, 6) is -0.974. The number of nitriles is 1. The number of rotatable bonds is 6. The van der Waals surface area contributed by atoms with Gasteiger partial charge in [0.15, 0.2) is 6.10 Å². The zero-order chi connectivity index (χ0) is 11.0. The molecule has 4 nitrogen and oxygen atoms in total. The summed E-state index contributed by atoms with van der Waals surface area (Å²) in [5.41, 5.74) is 0. The molecule has 0 aromatic carbocycles. The molecule has 0 aromatic rings. The molecule has 0 bridgehead atoms. The number of hydrogen-bond acceptors (Lipinski definition) is 4. The maximum absolute atomic E-state index is 11.1. The van der Waals surface area contributed by atoms with E-state index in [9.17, 15) is 9.59 Å². The lowest BCUT2D eigenvalue weighted by Crippen LogP contribution is -2.24. The Morgan fingerprint density at radius 1 is 1.64 bits per heavy atom. The molecular formula is C10H15NO3. The molecule has 0 spiro atoms. The molecule has 0 aliphatic carbocycles. The number of nitrogens with zero attached hydrogens (tertiary/aromatic N) is 1. The van der Waals surface area contributed by atoms with Gasteiger partial charge in [-0.25, -0.2) is 0 Å². The van der Waals surface area contributed by atoms with Gasteiger partial charge >= 0.3 is 5.97 Å². The summed E-state index contributed by atoms with van der Waals surface area (Å²) in [6, 6.07) is 1.79. The zero-order valence-electron chi connectivity index (χ0n) is 8.53. The van der Waals surface area contributed by atoms with Crippen LogP contribution in [-0.2, 0) is 14.3 Å². The van der Waals surface area contributed by atoms with Crippen LogP contribution in [0.3, 0.4) is 0 Å². The van der Waals surface area contributed by atoms with Crippen molar-refractivity contribution in [3.05, 3.63) is 0 Å². The molecule has 14 heavy (non-hydrogen) atoms. The molecule has 2 unspecified atom stereocenters. The van der Waals surface area contributed by atoms with Crippen LogP contribution in [0.1, 0.15) is 33.1 Å². The topological polar surface area (TPSA) is 67.2 Å². The first-order valence-electron chi connectivity index (χ1n) is 4.70. The van der Waals surface area contributed by atoms with Gasteiger partial charge in [-0.15, -0.1) is 0 Å². The fraction of sp³-hybridized carbons (Fsp3) is 0.700. The Kier molecular flexibility index (Phi) is 6.38. The van der Waals surface area contributed by atoms with E-state index < -0.39 is 18.0 Å². The minimum absolute atomic E-state index is 0.306. The van der Waals surface area contributed by atoms with Crippen molar-refractivity contribution in [2.24, 2.45) is 5.92 Å². The van der Waals surface area contributed by atoms with Gasteiger partial charge in [-0.3, -0.25) is 4.79 Å². The van der Waals surface area contributed by atoms with Crippen molar-refractivity contribution in [3.8, 4) is 6.07 Å². The highest BCUT2D eigenvalue weighted by Gasteiger charge is 2.19. The third-order valence-electron chi connectivity index (χ3n) is 1.81. The van der Waals surface area contributed by atoms with Crippen LogP contribution in [0.2, 0.25) is 0 Å². The molecule has 0 N–H and O–H groups in total. The molecule has 0 fully saturated rings. The molecule has 0 rings (SSSR count). The fourth-order valence-corrected chi connectivity index (χ4v) is 0.844. The molecule has 2 atom stereocenters. The number of carbonyl (C=O) groups is 2. The van der Waals surface area contributed by atoms with Crippen LogP contribution in [0.25, 0.3) is 0 Å². The largest absolute Gasteiger partial charge is 0.446 e. The van der Waals surface area contributed by atoms with E-state index in [1.54, 1.807) is 13.0 Å². The Bertz CT molecular complexity index is 232.